The van der Waals surface area contributed by atoms with Crippen molar-refractivity contribution in [1.29, 1.82) is 0 Å². The molecule has 0 radical (unpaired) electrons. The molecule has 0 bridgehead atoms. The van der Waals surface area contributed by atoms with Crippen molar-refractivity contribution in [2.24, 2.45) is 59.2 Å². The second kappa shape index (κ2) is 43.6. The number of hydrogen-bond donors (Lipinski definition) is 5. The molecule has 0 aromatic rings. The lowest BCUT2D eigenvalue weighted by molar-refractivity contribution is -0.224. The third kappa shape index (κ3) is 39.0. The molecule has 0 aliphatic carbocycles. The largest absolute Gasteiger partial charge is 0.414 e. The Morgan fingerprint density at radius 1 is 0.450 bits per heavy atom. The monoisotopic (exact) mass is 885 g/mol. The molecule has 0 fully saturated rings. The van der Waals surface area contributed by atoms with Crippen molar-refractivity contribution in [3.05, 3.63) is 0 Å². The SMILES string of the molecule is CCCCC(C(C)C)C(O)C(F)F.CCCCC(C(C)C)C(O)CF.CCCCC(C(C)C)[C@@H](O)C(F)(F)F.CCCCC(CCO)C(C)C.CCCCC(CO)C(C)C. The molecule has 370 valence electrons. The second-order valence-corrected chi connectivity index (χ2v) is 18.7. The second-order valence-electron chi connectivity index (χ2n) is 18.7. The summed E-state index contributed by atoms with van der Waals surface area (Å²) in [6.07, 6.45) is 4.82. The first-order chi connectivity index (χ1) is 27.9. The highest BCUT2D eigenvalue weighted by Gasteiger charge is 2.44. The molecule has 0 aliphatic rings. The summed E-state index contributed by atoms with van der Waals surface area (Å²) < 4.78 is 73.3. The van der Waals surface area contributed by atoms with E-state index in [1.54, 1.807) is 13.8 Å². The van der Waals surface area contributed by atoms with Crippen LogP contribution in [0.1, 0.15) is 207 Å². The van der Waals surface area contributed by atoms with Crippen molar-refractivity contribution in [3.63, 3.8) is 0 Å². The van der Waals surface area contributed by atoms with Gasteiger partial charge in [-0.2, -0.15) is 13.2 Å². The highest BCUT2D eigenvalue weighted by molar-refractivity contribution is 4.78. The topological polar surface area (TPSA) is 101 Å². The Labute approximate surface area is 367 Å². The number of rotatable bonds is 28. The van der Waals surface area contributed by atoms with Crippen molar-refractivity contribution >= 4 is 0 Å². The van der Waals surface area contributed by atoms with E-state index in [0.717, 1.165) is 63.2 Å². The van der Waals surface area contributed by atoms with E-state index in [9.17, 15) is 36.6 Å². The number of alkyl halides is 6. The Kier molecular flexibility index (Phi) is 49.8. The summed E-state index contributed by atoms with van der Waals surface area (Å²) in [5.41, 5.74) is 0. The van der Waals surface area contributed by atoms with Gasteiger partial charge in [0, 0.05) is 13.2 Å². The van der Waals surface area contributed by atoms with Crippen LogP contribution in [-0.4, -0.2) is 76.3 Å². The molecule has 11 heteroatoms. The van der Waals surface area contributed by atoms with Gasteiger partial charge in [0.2, 0.25) is 0 Å². The van der Waals surface area contributed by atoms with Crippen LogP contribution in [-0.2, 0) is 0 Å². The van der Waals surface area contributed by atoms with E-state index in [-0.39, 0.29) is 23.7 Å². The van der Waals surface area contributed by atoms with Crippen molar-refractivity contribution in [3.8, 4) is 0 Å². The lowest BCUT2D eigenvalue weighted by atomic mass is 9.85. The van der Waals surface area contributed by atoms with Gasteiger partial charge in [0.15, 0.2) is 6.10 Å². The summed E-state index contributed by atoms with van der Waals surface area (Å²) in [7, 11) is 0. The van der Waals surface area contributed by atoms with E-state index in [0.29, 0.717) is 43.8 Å². The number of unbranched alkanes of at least 4 members (excludes halogenated alkanes) is 5. The maximum atomic E-state index is 12.2. The maximum Gasteiger partial charge on any atom is 0.414 e. The molecular weight excluding hydrogens is 783 g/mol. The molecule has 0 amide bonds. The Hall–Kier alpha value is -0.620. The quantitative estimate of drug-likeness (QED) is 0.0504. The minimum Gasteiger partial charge on any atom is -0.396 e. The van der Waals surface area contributed by atoms with Gasteiger partial charge in [0.05, 0.1) is 6.10 Å². The molecule has 0 aliphatic heterocycles. The predicted octanol–water partition coefficient (Wildman–Crippen LogP) is 14.5. The van der Waals surface area contributed by atoms with E-state index >= 15 is 0 Å². The molecule has 5 nitrogen and oxygen atoms in total. The third-order valence-electron chi connectivity index (χ3n) is 11.8. The van der Waals surface area contributed by atoms with E-state index in [4.69, 9.17) is 15.3 Å². The molecule has 0 aromatic carbocycles. The van der Waals surface area contributed by atoms with Crippen LogP contribution >= 0.6 is 0 Å². The van der Waals surface area contributed by atoms with E-state index in [1.807, 2.05) is 41.5 Å². The first-order valence-electron chi connectivity index (χ1n) is 24.0. The van der Waals surface area contributed by atoms with Crippen molar-refractivity contribution in [1.82, 2.24) is 0 Å². The van der Waals surface area contributed by atoms with Gasteiger partial charge < -0.3 is 25.5 Å². The van der Waals surface area contributed by atoms with Gasteiger partial charge in [-0.25, -0.2) is 13.2 Å². The van der Waals surface area contributed by atoms with Crippen LogP contribution < -0.4 is 0 Å². The summed E-state index contributed by atoms with van der Waals surface area (Å²) in [6.45, 7) is 30.7. The Bertz CT molecular complexity index is 844. The smallest absolute Gasteiger partial charge is 0.396 e. The first kappa shape index (κ1) is 68.4. The maximum absolute atomic E-state index is 12.2. The van der Waals surface area contributed by atoms with Gasteiger partial charge in [0.25, 0.3) is 6.43 Å². The summed E-state index contributed by atoms with van der Waals surface area (Å²) in [5, 5.41) is 45.4. The Balaban J connectivity index is -0.000000211. The van der Waals surface area contributed by atoms with Crippen LogP contribution in [0, 0.1) is 59.2 Å². The van der Waals surface area contributed by atoms with Crippen LogP contribution in [0.3, 0.4) is 0 Å². The molecule has 7 unspecified atom stereocenters. The summed E-state index contributed by atoms with van der Waals surface area (Å²) in [6, 6.07) is 0. The van der Waals surface area contributed by atoms with Gasteiger partial charge in [-0.05, 0) is 91.3 Å². The predicted molar refractivity (Wildman–Crippen MR) is 244 cm³/mol. The summed E-state index contributed by atoms with van der Waals surface area (Å²) >= 11 is 0. The molecule has 0 heterocycles. The molecule has 5 N–H and O–H groups in total. The highest BCUT2D eigenvalue weighted by Crippen LogP contribution is 2.33. The molecule has 0 saturated carbocycles. The molecule has 0 aromatic heterocycles. The minimum absolute atomic E-state index is 0.121. The van der Waals surface area contributed by atoms with Gasteiger partial charge in [-0.1, -0.05) is 174 Å². The zero-order chi connectivity index (χ0) is 48.0. The van der Waals surface area contributed by atoms with Gasteiger partial charge in [-0.3, -0.25) is 0 Å². The highest BCUT2D eigenvalue weighted by atomic mass is 19.4. The number of aliphatic hydroxyl groups excluding tert-OH is 5. The average Bonchev–Trinajstić information content (AvgIpc) is 3.17. The summed E-state index contributed by atoms with van der Waals surface area (Å²) in [4.78, 5) is 0. The zero-order valence-corrected chi connectivity index (χ0v) is 41.5. The van der Waals surface area contributed by atoms with E-state index in [1.165, 1.54) is 38.5 Å². The molecule has 8 atom stereocenters. The zero-order valence-electron chi connectivity index (χ0n) is 41.5. The normalized spacial score (nSPS) is 15.8. The molecule has 60 heavy (non-hydrogen) atoms. The number of halogens is 6. The fourth-order valence-corrected chi connectivity index (χ4v) is 7.13. The van der Waals surface area contributed by atoms with Crippen molar-refractivity contribution in [2.75, 3.05) is 19.9 Å². The lowest BCUT2D eigenvalue weighted by Crippen LogP contribution is -2.38. The lowest BCUT2D eigenvalue weighted by Gasteiger charge is -2.27. The van der Waals surface area contributed by atoms with Gasteiger partial charge >= 0.3 is 6.18 Å². The van der Waals surface area contributed by atoms with E-state index in [2.05, 4.69) is 48.5 Å². The Morgan fingerprint density at radius 2 is 0.783 bits per heavy atom. The molecular formula is C49H102F6O5. The van der Waals surface area contributed by atoms with Crippen LogP contribution in [0.25, 0.3) is 0 Å². The van der Waals surface area contributed by atoms with Crippen LogP contribution in [0.4, 0.5) is 26.3 Å². The average molecular weight is 885 g/mol. The first-order valence-corrected chi connectivity index (χ1v) is 24.0. The van der Waals surface area contributed by atoms with Gasteiger partial charge in [-0.15, -0.1) is 0 Å². The Morgan fingerprint density at radius 3 is 1.05 bits per heavy atom. The van der Waals surface area contributed by atoms with Gasteiger partial charge in [0.1, 0.15) is 12.8 Å². The van der Waals surface area contributed by atoms with Crippen molar-refractivity contribution < 1.29 is 51.9 Å². The number of aliphatic hydroxyl groups is 5. The fourth-order valence-electron chi connectivity index (χ4n) is 7.13. The minimum atomic E-state index is -4.48. The molecule has 0 saturated heterocycles. The van der Waals surface area contributed by atoms with Crippen LogP contribution in [0.15, 0.2) is 0 Å². The summed E-state index contributed by atoms with van der Waals surface area (Å²) in [5.74, 6) is 2.19. The third-order valence-corrected chi connectivity index (χ3v) is 11.8. The fraction of sp³-hybridized carbons (Fsp3) is 1.00. The molecule has 0 spiro atoms. The standard InChI is InChI=1S/C10H19F3O.C10H20F2O.C10H21FO.C10H22O.C9H20O/c1-4-5-6-8(7(2)3)9(14)10(11,12)13;1-4-5-6-8(7(2)3)9(13)10(11)12;1-4-5-6-9(8(2)3)10(12)7-11;1-4-5-6-10(7-8-11)9(2)3;1-4-5-6-9(7-10)8(2)3/h7-9,14H,4-6H2,1-3H3;7-10,13H,4-6H2,1-3H3;8-10,12H,4-7H2,1-3H3;9-11H,4-8H2,1-3H3;8-10H,4-7H2,1-3H3/t8?,9-;;;;/m1..../s1. The van der Waals surface area contributed by atoms with Crippen LogP contribution in [0.5, 0.6) is 0 Å². The van der Waals surface area contributed by atoms with Crippen LogP contribution in [0.2, 0.25) is 0 Å². The molecule has 0 rings (SSSR count). The van der Waals surface area contributed by atoms with E-state index < -0.39 is 43.5 Å². The number of hydrogen-bond acceptors (Lipinski definition) is 5. The van der Waals surface area contributed by atoms with Crippen molar-refractivity contribution in [2.45, 2.75) is 238 Å².